The topological polar surface area (TPSA) is 88.8 Å². The highest BCUT2D eigenvalue weighted by Gasteiger charge is 2.21. The van der Waals surface area contributed by atoms with Gasteiger partial charge in [0.1, 0.15) is 5.75 Å². The number of non-ortho nitro benzene ring substituents is 1. The van der Waals surface area contributed by atoms with E-state index in [-0.39, 0.29) is 35.7 Å². The SMILES string of the molecule is CCNC(=NCc1cccc([N+](=O)[O-])c1)NC1CCOc2ccccc21.I. The molecule has 0 fully saturated rings. The number of halogens is 1. The molecule has 27 heavy (non-hydrogen) atoms. The van der Waals surface area contributed by atoms with Crippen LogP contribution in [-0.2, 0) is 6.54 Å². The Bertz CT molecular complexity index is 813. The monoisotopic (exact) mass is 482 g/mol. The van der Waals surface area contributed by atoms with Gasteiger partial charge in [0.25, 0.3) is 5.69 Å². The molecular weight excluding hydrogens is 459 g/mol. The van der Waals surface area contributed by atoms with Crippen LogP contribution in [0.2, 0.25) is 0 Å². The summed E-state index contributed by atoms with van der Waals surface area (Å²) in [4.78, 5) is 15.1. The van der Waals surface area contributed by atoms with Gasteiger partial charge in [0.2, 0.25) is 0 Å². The third kappa shape index (κ3) is 5.56. The summed E-state index contributed by atoms with van der Waals surface area (Å²) in [6.07, 6.45) is 0.845. The maximum atomic E-state index is 10.9. The molecule has 0 amide bonds. The zero-order valence-electron chi connectivity index (χ0n) is 15.1. The van der Waals surface area contributed by atoms with Gasteiger partial charge in [0.05, 0.1) is 24.1 Å². The van der Waals surface area contributed by atoms with Gasteiger partial charge >= 0.3 is 0 Å². The highest BCUT2D eigenvalue weighted by atomic mass is 127. The third-order valence-electron chi connectivity index (χ3n) is 4.15. The zero-order chi connectivity index (χ0) is 18.4. The number of ether oxygens (including phenoxy) is 1. The van der Waals surface area contributed by atoms with E-state index in [0.717, 1.165) is 29.8 Å². The molecule has 8 heteroatoms. The quantitative estimate of drug-likeness (QED) is 0.223. The predicted molar refractivity (Wildman–Crippen MR) is 116 cm³/mol. The fourth-order valence-corrected chi connectivity index (χ4v) is 2.92. The maximum Gasteiger partial charge on any atom is 0.269 e. The highest BCUT2D eigenvalue weighted by Crippen LogP contribution is 2.31. The number of nitro benzene ring substituents is 1. The number of rotatable bonds is 5. The molecule has 0 spiro atoms. The van der Waals surface area contributed by atoms with Crippen LogP contribution < -0.4 is 15.4 Å². The van der Waals surface area contributed by atoms with Gasteiger partial charge in [-0.1, -0.05) is 30.3 Å². The Labute approximate surface area is 175 Å². The lowest BCUT2D eigenvalue weighted by Crippen LogP contribution is -2.41. The summed E-state index contributed by atoms with van der Waals surface area (Å²) >= 11 is 0. The van der Waals surface area contributed by atoms with E-state index in [9.17, 15) is 10.1 Å². The van der Waals surface area contributed by atoms with Crippen LogP contribution in [0.5, 0.6) is 5.75 Å². The van der Waals surface area contributed by atoms with Crippen molar-refractivity contribution in [1.82, 2.24) is 10.6 Å². The summed E-state index contributed by atoms with van der Waals surface area (Å²) in [5.41, 5.74) is 1.98. The van der Waals surface area contributed by atoms with Crippen molar-refractivity contribution in [2.75, 3.05) is 13.2 Å². The molecular formula is C19H23IN4O3. The largest absolute Gasteiger partial charge is 0.493 e. The number of nitrogens with one attached hydrogen (secondary N) is 2. The van der Waals surface area contributed by atoms with E-state index in [2.05, 4.69) is 21.7 Å². The minimum Gasteiger partial charge on any atom is -0.493 e. The normalized spacial score (nSPS) is 15.7. The second-order valence-electron chi connectivity index (χ2n) is 5.99. The molecule has 1 atom stereocenters. The predicted octanol–water partition coefficient (Wildman–Crippen LogP) is 3.79. The fraction of sp³-hybridized carbons (Fsp3) is 0.316. The van der Waals surface area contributed by atoms with E-state index in [0.29, 0.717) is 19.1 Å². The van der Waals surface area contributed by atoms with Crippen molar-refractivity contribution in [3.05, 3.63) is 69.8 Å². The lowest BCUT2D eigenvalue weighted by Gasteiger charge is -2.28. The lowest BCUT2D eigenvalue weighted by atomic mass is 10.0. The van der Waals surface area contributed by atoms with Crippen molar-refractivity contribution in [2.24, 2.45) is 4.99 Å². The van der Waals surface area contributed by atoms with Crippen LogP contribution >= 0.6 is 24.0 Å². The summed E-state index contributed by atoms with van der Waals surface area (Å²) in [5, 5.41) is 17.6. The number of hydrogen-bond acceptors (Lipinski definition) is 4. The van der Waals surface area contributed by atoms with Crippen LogP contribution in [0, 0.1) is 10.1 Å². The van der Waals surface area contributed by atoms with Gasteiger partial charge in [0.15, 0.2) is 5.96 Å². The minimum absolute atomic E-state index is 0. The van der Waals surface area contributed by atoms with E-state index in [1.54, 1.807) is 12.1 Å². The Morgan fingerprint density at radius 1 is 1.30 bits per heavy atom. The second kappa shape index (κ2) is 10.1. The molecule has 7 nitrogen and oxygen atoms in total. The summed E-state index contributed by atoms with van der Waals surface area (Å²) in [6, 6.07) is 14.6. The first kappa shape index (κ1) is 20.9. The van der Waals surface area contributed by atoms with Crippen molar-refractivity contribution in [2.45, 2.75) is 25.9 Å². The van der Waals surface area contributed by atoms with Crippen LogP contribution in [-0.4, -0.2) is 24.0 Å². The number of nitrogens with zero attached hydrogens (tertiary/aromatic N) is 2. The van der Waals surface area contributed by atoms with Gasteiger partial charge < -0.3 is 15.4 Å². The Morgan fingerprint density at radius 3 is 2.89 bits per heavy atom. The first-order valence-corrected chi connectivity index (χ1v) is 8.67. The number of aliphatic imine (C=N–C) groups is 1. The number of hydrogen-bond donors (Lipinski definition) is 2. The Hall–Kier alpha value is -2.36. The first-order valence-electron chi connectivity index (χ1n) is 8.67. The summed E-state index contributed by atoms with van der Waals surface area (Å²) in [7, 11) is 0. The molecule has 1 unspecified atom stereocenters. The van der Waals surface area contributed by atoms with Crippen molar-refractivity contribution < 1.29 is 9.66 Å². The van der Waals surface area contributed by atoms with Gasteiger partial charge in [0, 0.05) is 30.7 Å². The van der Waals surface area contributed by atoms with E-state index < -0.39 is 4.92 Å². The van der Waals surface area contributed by atoms with Crippen LogP contribution in [0.25, 0.3) is 0 Å². The molecule has 0 aliphatic carbocycles. The Kier molecular flexibility index (Phi) is 7.83. The molecule has 1 aliphatic rings. The molecule has 2 aromatic carbocycles. The average Bonchev–Trinajstić information content (AvgIpc) is 2.67. The molecule has 0 saturated heterocycles. The minimum atomic E-state index is -0.393. The summed E-state index contributed by atoms with van der Waals surface area (Å²) < 4.78 is 5.70. The van der Waals surface area contributed by atoms with E-state index in [1.165, 1.54) is 6.07 Å². The van der Waals surface area contributed by atoms with Crippen LogP contribution in [0.3, 0.4) is 0 Å². The standard InChI is InChI=1S/C19H22N4O3.HI/c1-2-20-19(21-13-14-6-5-7-15(12-14)23(24)25)22-17-10-11-26-18-9-4-3-8-16(17)18;/h3-9,12,17H,2,10-11,13H2,1H3,(H2,20,21,22);1H. The van der Waals surface area contributed by atoms with Crippen molar-refractivity contribution in [1.29, 1.82) is 0 Å². The first-order chi connectivity index (χ1) is 12.7. The number of nitro groups is 1. The van der Waals surface area contributed by atoms with Crippen molar-refractivity contribution in [3.63, 3.8) is 0 Å². The number of benzene rings is 2. The van der Waals surface area contributed by atoms with Gasteiger partial charge in [-0.2, -0.15) is 0 Å². The third-order valence-corrected chi connectivity index (χ3v) is 4.15. The van der Waals surface area contributed by atoms with Gasteiger partial charge in [-0.25, -0.2) is 4.99 Å². The van der Waals surface area contributed by atoms with E-state index in [1.807, 2.05) is 31.2 Å². The second-order valence-corrected chi connectivity index (χ2v) is 5.99. The van der Waals surface area contributed by atoms with Gasteiger partial charge in [-0.15, -0.1) is 24.0 Å². The molecule has 2 aromatic rings. The molecule has 0 bridgehead atoms. The maximum absolute atomic E-state index is 10.9. The zero-order valence-corrected chi connectivity index (χ0v) is 17.4. The van der Waals surface area contributed by atoms with E-state index >= 15 is 0 Å². The van der Waals surface area contributed by atoms with E-state index in [4.69, 9.17) is 4.74 Å². The van der Waals surface area contributed by atoms with Crippen LogP contribution in [0.1, 0.15) is 30.5 Å². The molecule has 3 rings (SSSR count). The van der Waals surface area contributed by atoms with Crippen molar-refractivity contribution in [3.8, 4) is 5.75 Å². The van der Waals surface area contributed by atoms with Crippen LogP contribution in [0.15, 0.2) is 53.5 Å². The number of fused-ring (bicyclic) bond motifs is 1. The molecule has 2 N–H and O–H groups in total. The number of para-hydroxylation sites is 1. The fourth-order valence-electron chi connectivity index (χ4n) is 2.92. The molecule has 0 aromatic heterocycles. The smallest absolute Gasteiger partial charge is 0.269 e. The highest BCUT2D eigenvalue weighted by molar-refractivity contribution is 14.0. The molecule has 144 valence electrons. The van der Waals surface area contributed by atoms with Gasteiger partial charge in [-0.05, 0) is 18.6 Å². The molecule has 1 aliphatic heterocycles. The molecule has 0 radical (unpaired) electrons. The van der Waals surface area contributed by atoms with Crippen molar-refractivity contribution >= 4 is 35.6 Å². The van der Waals surface area contributed by atoms with Gasteiger partial charge in [-0.3, -0.25) is 10.1 Å². The molecule has 1 heterocycles. The summed E-state index contributed by atoms with van der Waals surface area (Å²) in [6.45, 7) is 3.75. The average molecular weight is 482 g/mol. The lowest BCUT2D eigenvalue weighted by molar-refractivity contribution is -0.384. The molecule has 0 saturated carbocycles. The number of guanidine groups is 1. The Balaban J connectivity index is 0.00000261. The van der Waals surface area contributed by atoms with Crippen LogP contribution in [0.4, 0.5) is 5.69 Å². The summed E-state index contributed by atoms with van der Waals surface area (Å²) in [5.74, 6) is 1.58. The Morgan fingerprint density at radius 2 is 2.11 bits per heavy atom.